The van der Waals surface area contributed by atoms with Gasteiger partial charge in [-0.2, -0.15) is 0 Å². The maximum atomic E-state index is 12.6. The third-order valence-corrected chi connectivity index (χ3v) is 6.28. The average Bonchev–Trinajstić information content (AvgIpc) is 2.63. The van der Waals surface area contributed by atoms with Crippen LogP contribution in [0.25, 0.3) is 11.1 Å². The van der Waals surface area contributed by atoms with Crippen LogP contribution in [0.1, 0.15) is 5.56 Å². The van der Waals surface area contributed by atoms with E-state index in [0.717, 1.165) is 29.8 Å². The van der Waals surface area contributed by atoms with E-state index in [2.05, 4.69) is 9.62 Å². The summed E-state index contributed by atoms with van der Waals surface area (Å²) >= 11 is 6.26. The van der Waals surface area contributed by atoms with E-state index in [1.807, 2.05) is 37.3 Å². The minimum absolute atomic E-state index is 0.271. The first kappa shape index (κ1) is 19.3. The molecule has 0 amide bonds. The Bertz CT molecular complexity index is 865. The van der Waals surface area contributed by atoms with E-state index in [9.17, 15) is 8.42 Å². The molecular weight excluding hydrogens is 372 g/mol. The Kier molecular flexibility index (Phi) is 6.32. The quantitative estimate of drug-likeness (QED) is 0.818. The highest BCUT2D eigenvalue weighted by atomic mass is 35.5. The molecule has 140 valence electrons. The standard InChI is InChI=1S/C19H23ClN2O3S/c1-15-14-16(6-7-17(15)18-4-2-3-5-19(18)20)26(23,24)21-8-9-22-10-12-25-13-11-22/h2-7,14,21H,8-13H2,1H3. The Morgan fingerprint density at radius 1 is 1.12 bits per heavy atom. The van der Waals surface area contributed by atoms with Crippen molar-refractivity contribution in [1.29, 1.82) is 0 Å². The number of benzene rings is 2. The lowest BCUT2D eigenvalue weighted by atomic mass is 10.0. The molecule has 1 fully saturated rings. The largest absolute Gasteiger partial charge is 0.379 e. The molecular formula is C19H23ClN2O3S. The zero-order chi connectivity index (χ0) is 18.6. The summed E-state index contributed by atoms with van der Waals surface area (Å²) in [6.07, 6.45) is 0. The third-order valence-electron chi connectivity index (χ3n) is 4.50. The molecule has 0 aliphatic carbocycles. The molecule has 0 saturated carbocycles. The number of hydrogen-bond donors (Lipinski definition) is 1. The van der Waals surface area contributed by atoms with Crippen molar-refractivity contribution >= 4 is 21.6 Å². The predicted molar refractivity (Wildman–Crippen MR) is 104 cm³/mol. The molecule has 0 radical (unpaired) electrons. The monoisotopic (exact) mass is 394 g/mol. The van der Waals surface area contributed by atoms with Crippen molar-refractivity contribution in [2.75, 3.05) is 39.4 Å². The van der Waals surface area contributed by atoms with E-state index in [-0.39, 0.29) is 4.90 Å². The summed E-state index contributed by atoms with van der Waals surface area (Å²) < 4.78 is 33.1. The second-order valence-electron chi connectivity index (χ2n) is 6.31. The maximum Gasteiger partial charge on any atom is 0.240 e. The van der Waals surface area contributed by atoms with Gasteiger partial charge in [-0.05, 0) is 36.2 Å². The van der Waals surface area contributed by atoms with Gasteiger partial charge in [-0.3, -0.25) is 4.90 Å². The Morgan fingerprint density at radius 3 is 2.54 bits per heavy atom. The van der Waals surface area contributed by atoms with E-state index in [1.165, 1.54) is 0 Å². The van der Waals surface area contributed by atoms with E-state index in [0.29, 0.717) is 31.3 Å². The van der Waals surface area contributed by atoms with Gasteiger partial charge in [0, 0.05) is 36.8 Å². The van der Waals surface area contributed by atoms with E-state index >= 15 is 0 Å². The van der Waals surface area contributed by atoms with E-state index < -0.39 is 10.0 Å². The van der Waals surface area contributed by atoms with Crippen molar-refractivity contribution in [3.05, 3.63) is 53.1 Å². The molecule has 1 heterocycles. The van der Waals surface area contributed by atoms with E-state index in [4.69, 9.17) is 16.3 Å². The molecule has 26 heavy (non-hydrogen) atoms. The average molecular weight is 395 g/mol. The zero-order valence-electron chi connectivity index (χ0n) is 14.7. The lowest BCUT2D eigenvalue weighted by molar-refractivity contribution is 0.0390. The van der Waals surface area contributed by atoms with E-state index in [1.54, 1.807) is 12.1 Å². The Balaban J connectivity index is 1.70. The first-order valence-electron chi connectivity index (χ1n) is 8.63. The van der Waals surface area contributed by atoms with Crippen molar-refractivity contribution < 1.29 is 13.2 Å². The number of aryl methyl sites for hydroxylation is 1. The number of nitrogens with zero attached hydrogens (tertiary/aromatic N) is 1. The molecule has 0 spiro atoms. The molecule has 2 aromatic rings. The van der Waals surface area contributed by atoms with Crippen LogP contribution < -0.4 is 4.72 Å². The number of ether oxygens (including phenoxy) is 1. The van der Waals surface area contributed by atoms with Crippen molar-refractivity contribution in [2.45, 2.75) is 11.8 Å². The van der Waals surface area contributed by atoms with Crippen LogP contribution in [0.4, 0.5) is 0 Å². The van der Waals surface area contributed by atoms with Crippen molar-refractivity contribution in [3.63, 3.8) is 0 Å². The minimum atomic E-state index is -3.53. The molecule has 7 heteroatoms. The van der Waals surface area contributed by atoms with Crippen molar-refractivity contribution in [1.82, 2.24) is 9.62 Å². The minimum Gasteiger partial charge on any atom is -0.379 e. The SMILES string of the molecule is Cc1cc(S(=O)(=O)NCCN2CCOCC2)ccc1-c1ccccc1Cl. The first-order valence-corrected chi connectivity index (χ1v) is 10.5. The number of nitrogens with one attached hydrogen (secondary N) is 1. The van der Waals surface area contributed by atoms with Crippen LogP contribution in [0.2, 0.25) is 5.02 Å². The summed E-state index contributed by atoms with van der Waals surface area (Å²) in [4.78, 5) is 2.46. The number of sulfonamides is 1. The Morgan fingerprint density at radius 2 is 1.85 bits per heavy atom. The highest BCUT2D eigenvalue weighted by Crippen LogP contribution is 2.31. The normalized spacial score (nSPS) is 15.9. The molecule has 2 aromatic carbocycles. The van der Waals surface area contributed by atoms with Gasteiger partial charge in [0.15, 0.2) is 0 Å². The fourth-order valence-electron chi connectivity index (χ4n) is 3.03. The molecule has 0 atom stereocenters. The predicted octanol–water partition coefficient (Wildman–Crippen LogP) is 2.93. The zero-order valence-corrected chi connectivity index (χ0v) is 16.3. The smallest absolute Gasteiger partial charge is 0.240 e. The summed E-state index contributed by atoms with van der Waals surface area (Å²) in [5, 5.41) is 0.648. The summed E-state index contributed by atoms with van der Waals surface area (Å²) in [6, 6.07) is 12.7. The lowest BCUT2D eigenvalue weighted by Gasteiger charge is -2.26. The molecule has 1 saturated heterocycles. The van der Waals surface area contributed by atoms with Gasteiger partial charge in [-0.1, -0.05) is 35.9 Å². The molecule has 1 N–H and O–H groups in total. The second kappa shape index (κ2) is 8.50. The molecule has 0 aromatic heterocycles. The summed E-state index contributed by atoms with van der Waals surface area (Å²) in [7, 11) is -3.53. The van der Waals surface area contributed by atoms with Gasteiger partial charge >= 0.3 is 0 Å². The van der Waals surface area contributed by atoms with Gasteiger partial charge in [-0.15, -0.1) is 0 Å². The molecule has 1 aliphatic heterocycles. The highest BCUT2D eigenvalue weighted by Gasteiger charge is 2.17. The topological polar surface area (TPSA) is 58.6 Å². The van der Waals surface area contributed by atoms with Gasteiger partial charge in [0.05, 0.1) is 18.1 Å². The van der Waals surface area contributed by atoms with Gasteiger partial charge in [-0.25, -0.2) is 13.1 Å². The summed E-state index contributed by atoms with van der Waals surface area (Å²) in [5.41, 5.74) is 2.70. The maximum absolute atomic E-state index is 12.6. The fraction of sp³-hybridized carbons (Fsp3) is 0.368. The van der Waals surface area contributed by atoms with Crippen molar-refractivity contribution in [2.24, 2.45) is 0 Å². The number of rotatable bonds is 6. The molecule has 0 bridgehead atoms. The van der Waals surface area contributed by atoms with Crippen LogP contribution in [-0.2, 0) is 14.8 Å². The number of halogens is 1. The van der Waals surface area contributed by atoms with Crippen LogP contribution in [-0.4, -0.2) is 52.7 Å². The van der Waals surface area contributed by atoms with Gasteiger partial charge < -0.3 is 4.74 Å². The molecule has 3 rings (SSSR count). The van der Waals surface area contributed by atoms with Crippen LogP contribution in [0.3, 0.4) is 0 Å². The second-order valence-corrected chi connectivity index (χ2v) is 8.48. The number of hydrogen-bond acceptors (Lipinski definition) is 4. The van der Waals surface area contributed by atoms with Gasteiger partial charge in [0.1, 0.15) is 0 Å². The van der Waals surface area contributed by atoms with Crippen LogP contribution in [0.5, 0.6) is 0 Å². The van der Waals surface area contributed by atoms with Gasteiger partial charge in [0.25, 0.3) is 0 Å². The van der Waals surface area contributed by atoms with Crippen LogP contribution >= 0.6 is 11.6 Å². The van der Waals surface area contributed by atoms with Crippen LogP contribution in [0.15, 0.2) is 47.4 Å². The third kappa shape index (κ3) is 4.64. The number of morpholine rings is 1. The van der Waals surface area contributed by atoms with Crippen LogP contribution in [0, 0.1) is 6.92 Å². The van der Waals surface area contributed by atoms with Crippen molar-refractivity contribution in [3.8, 4) is 11.1 Å². The first-order chi connectivity index (χ1) is 12.5. The highest BCUT2D eigenvalue weighted by molar-refractivity contribution is 7.89. The summed E-state index contributed by atoms with van der Waals surface area (Å²) in [6.45, 7) is 6.05. The molecule has 0 unspecified atom stereocenters. The Labute approximate surface area is 160 Å². The summed E-state index contributed by atoms with van der Waals surface area (Å²) in [5.74, 6) is 0. The molecule has 1 aliphatic rings. The lowest BCUT2D eigenvalue weighted by Crippen LogP contribution is -2.41. The fourth-order valence-corrected chi connectivity index (χ4v) is 4.37. The Hall–Kier alpha value is -1.44. The van der Waals surface area contributed by atoms with Gasteiger partial charge in [0.2, 0.25) is 10.0 Å². The molecule has 5 nitrogen and oxygen atoms in total.